The summed E-state index contributed by atoms with van der Waals surface area (Å²) >= 11 is 0. The molecule has 0 saturated carbocycles. The van der Waals surface area contributed by atoms with E-state index in [0.717, 1.165) is 34.5 Å². The zero-order valence-corrected chi connectivity index (χ0v) is 17.2. The highest BCUT2D eigenvalue weighted by Crippen LogP contribution is 2.48. The Labute approximate surface area is 161 Å². The van der Waals surface area contributed by atoms with Crippen LogP contribution in [-0.4, -0.2) is 24.1 Å². The lowest BCUT2D eigenvalue weighted by Crippen LogP contribution is -2.39. The highest BCUT2D eigenvalue weighted by molar-refractivity contribution is 6.09. The third-order valence-electron chi connectivity index (χ3n) is 5.61. The van der Waals surface area contributed by atoms with Crippen LogP contribution in [0.1, 0.15) is 63.1 Å². The number of benzene rings is 1. The van der Waals surface area contributed by atoms with Gasteiger partial charge < -0.3 is 4.74 Å². The van der Waals surface area contributed by atoms with Crippen LogP contribution in [0, 0.1) is 25.2 Å². The fourth-order valence-corrected chi connectivity index (χ4v) is 4.41. The average Bonchev–Trinajstić information content (AvgIpc) is 2.54. The van der Waals surface area contributed by atoms with Gasteiger partial charge in [0.2, 0.25) is 0 Å². The van der Waals surface area contributed by atoms with Gasteiger partial charge in [-0.1, -0.05) is 37.6 Å². The summed E-state index contributed by atoms with van der Waals surface area (Å²) < 4.78 is 5.38. The molecule has 1 aliphatic carbocycles. The zero-order chi connectivity index (χ0) is 19.9. The second-order valence-corrected chi connectivity index (χ2v) is 8.62. The summed E-state index contributed by atoms with van der Waals surface area (Å²) in [6.07, 6.45) is 1.24. The Morgan fingerprint density at radius 2 is 1.93 bits per heavy atom. The van der Waals surface area contributed by atoms with Gasteiger partial charge in [-0.05, 0) is 50.7 Å². The van der Waals surface area contributed by atoms with E-state index in [1.807, 2.05) is 20.8 Å². The summed E-state index contributed by atoms with van der Waals surface area (Å²) in [7, 11) is 0. The van der Waals surface area contributed by atoms with Crippen molar-refractivity contribution >= 4 is 17.5 Å². The molecule has 0 radical (unpaired) electrons. The maximum atomic E-state index is 13.2. The van der Waals surface area contributed by atoms with E-state index in [-0.39, 0.29) is 23.1 Å². The Morgan fingerprint density at radius 3 is 2.59 bits per heavy atom. The standard InChI is InChI=1S/C23H29NO3/c1-7-27-22(26)19-15(4)24-17-11-23(5,6)12-18(25)21(17)20(19)16-10-13(2)8-9-14(16)3/h8-10,19-20H,7,11-12H2,1-6H3/t19?,20-/m1/s1. The number of rotatable bonds is 3. The van der Waals surface area contributed by atoms with Crippen LogP contribution < -0.4 is 0 Å². The van der Waals surface area contributed by atoms with Crippen molar-refractivity contribution in [3.05, 3.63) is 46.2 Å². The number of Topliss-reactive ketones (excluding diaryl/α,β-unsaturated/α-hetero) is 1. The number of aliphatic imine (C=N–C) groups is 1. The topological polar surface area (TPSA) is 55.7 Å². The van der Waals surface area contributed by atoms with Crippen LogP contribution in [0.25, 0.3) is 0 Å². The van der Waals surface area contributed by atoms with Crippen molar-refractivity contribution in [3.63, 3.8) is 0 Å². The van der Waals surface area contributed by atoms with Crippen molar-refractivity contribution in [2.75, 3.05) is 6.61 Å². The number of nitrogens with zero attached hydrogens (tertiary/aromatic N) is 1. The lowest BCUT2D eigenvalue weighted by Gasteiger charge is -2.39. The van der Waals surface area contributed by atoms with Crippen LogP contribution in [0.3, 0.4) is 0 Å². The summed E-state index contributed by atoms with van der Waals surface area (Å²) in [5.41, 5.74) is 5.42. The second-order valence-electron chi connectivity index (χ2n) is 8.62. The Kier molecular flexibility index (Phi) is 5.11. The predicted molar refractivity (Wildman–Crippen MR) is 107 cm³/mol. The maximum absolute atomic E-state index is 13.2. The summed E-state index contributed by atoms with van der Waals surface area (Å²) in [6, 6.07) is 6.22. The van der Waals surface area contributed by atoms with Crippen LogP contribution >= 0.6 is 0 Å². The van der Waals surface area contributed by atoms with E-state index in [1.165, 1.54) is 0 Å². The second kappa shape index (κ2) is 7.06. The van der Waals surface area contributed by atoms with Crippen LogP contribution in [0.5, 0.6) is 0 Å². The first kappa shape index (κ1) is 19.5. The first-order valence-electron chi connectivity index (χ1n) is 9.70. The number of esters is 1. The van der Waals surface area contributed by atoms with Gasteiger partial charge in [-0.15, -0.1) is 0 Å². The van der Waals surface area contributed by atoms with Gasteiger partial charge >= 0.3 is 5.97 Å². The molecule has 0 bridgehead atoms. The molecule has 0 N–H and O–H groups in total. The van der Waals surface area contributed by atoms with Gasteiger partial charge in [-0.2, -0.15) is 0 Å². The molecule has 3 rings (SSSR count). The Morgan fingerprint density at radius 1 is 1.22 bits per heavy atom. The fourth-order valence-electron chi connectivity index (χ4n) is 4.41. The third-order valence-corrected chi connectivity index (χ3v) is 5.61. The summed E-state index contributed by atoms with van der Waals surface area (Å²) in [5, 5.41) is 0. The molecule has 1 aromatic rings. The van der Waals surface area contributed by atoms with Crippen molar-refractivity contribution in [1.29, 1.82) is 0 Å². The molecule has 0 amide bonds. The molecule has 1 aromatic carbocycles. The molecule has 144 valence electrons. The smallest absolute Gasteiger partial charge is 0.315 e. The molecular weight excluding hydrogens is 338 g/mol. The van der Waals surface area contributed by atoms with E-state index >= 15 is 0 Å². The van der Waals surface area contributed by atoms with Crippen LogP contribution in [0.2, 0.25) is 0 Å². The van der Waals surface area contributed by atoms with Gasteiger partial charge in [-0.25, -0.2) is 0 Å². The summed E-state index contributed by atoms with van der Waals surface area (Å²) in [5.74, 6) is -1.05. The molecule has 1 unspecified atom stereocenters. The van der Waals surface area contributed by atoms with Crippen LogP contribution in [-0.2, 0) is 14.3 Å². The van der Waals surface area contributed by atoms with Gasteiger partial charge in [0.05, 0.1) is 6.61 Å². The van der Waals surface area contributed by atoms with Crippen molar-refractivity contribution in [3.8, 4) is 0 Å². The van der Waals surface area contributed by atoms with E-state index in [4.69, 9.17) is 9.73 Å². The fraction of sp³-hybridized carbons (Fsp3) is 0.522. The molecule has 1 heterocycles. The van der Waals surface area contributed by atoms with Crippen LogP contribution in [0.4, 0.5) is 0 Å². The van der Waals surface area contributed by atoms with E-state index in [0.29, 0.717) is 18.6 Å². The summed E-state index contributed by atoms with van der Waals surface area (Å²) in [4.78, 5) is 30.8. The minimum Gasteiger partial charge on any atom is -0.465 e. The first-order valence-corrected chi connectivity index (χ1v) is 9.70. The number of hydrogen-bond acceptors (Lipinski definition) is 4. The van der Waals surface area contributed by atoms with E-state index in [1.54, 1.807) is 6.92 Å². The van der Waals surface area contributed by atoms with E-state index < -0.39 is 5.92 Å². The van der Waals surface area contributed by atoms with Crippen molar-refractivity contribution in [2.45, 2.75) is 60.3 Å². The molecular formula is C23H29NO3. The predicted octanol–water partition coefficient (Wildman–Crippen LogP) is 4.68. The van der Waals surface area contributed by atoms with Gasteiger partial charge in [-0.3, -0.25) is 14.6 Å². The number of allylic oxidation sites excluding steroid dienone is 2. The molecule has 0 saturated heterocycles. The minimum absolute atomic E-state index is 0.108. The number of ether oxygens (including phenoxy) is 1. The number of ketones is 1. The van der Waals surface area contributed by atoms with Crippen molar-refractivity contribution < 1.29 is 14.3 Å². The third kappa shape index (κ3) is 3.62. The van der Waals surface area contributed by atoms with Crippen molar-refractivity contribution in [1.82, 2.24) is 0 Å². The zero-order valence-electron chi connectivity index (χ0n) is 17.2. The van der Waals surface area contributed by atoms with E-state index in [2.05, 4.69) is 32.0 Å². The number of carbonyl (C=O) groups excluding carboxylic acids is 2. The quantitative estimate of drug-likeness (QED) is 0.729. The lowest BCUT2D eigenvalue weighted by molar-refractivity contribution is -0.146. The number of hydrogen-bond donors (Lipinski definition) is 0. The SMILES string of the molecule is CCOC(=O)C1C(C)=NC2=C(C(=O)CC(C)(C)C2)[C@@H]1c1cc(C)ccc1C. The molecule has 0 fully saturated rings. The maximum Gasteiger partial charge on any atom is 0.315 e. The molecule has 0 aromatic heterocycles. The molecule has 1 aliphatic heterocycles. The number of carbonyl (C=O) groups is 2. The monoisotopic (exact) mass is 367 g/mol. The highest BCUT2D eigenvalue weighted by Gasteiger charge is 2.46. The normalized spacial score (nSPS) is 24.4. The Bertz CT molecular complexity index is 860. The van der Waals surface area contributed by atoms with Crippen LogP contribution in [0.15, 0.2) is 34.5 Å². The molecule has 4 heteroatoms. The summed E-state index contributed by atoms with van der Waals surface area (Å²) in [6.45, 7) is 12.3. The molecule has 27 heavy (non-hydrogen) atoms. The molecule has 2 atom stereocenters. The van der Waals surface area contributed by atoms with Crippen molar-refractivity contribution in [2.24, 2.45) is 16.3 Å². The molecule has 2 aliphatic rings. The molecule has 4 nitrogen and oxygen atoms in total. The van der Waals surface area contributed by atoms with Gasteiger partial charge in [0.1, 0.15) is 5.92 Å². The van der Waals surface area contributed by atoms with E-state index in [9.17, 15) is 9.59 Å². The Balaban J connectivity index is 2.23. The molecule has 0 spiro atoms. The van der Waals surface area contributed by atoms with Gasteiger partial charge in [0, 0.05) is 29.3 Å². The van der Waals surface area contributed by atoms with Gasteiger partial charge in [0.25, 0.3) is 0 Å². The lowest BCUT2D eigenvalue weighted by atomic mass is 9.66. The van der Waals surface area contributed by atoms with Gasteiger partial charge in [0.15, 0.2) is 5.78 Å². The largest absolute Gasteiger partial charge is 0.465 e. The Hall–Kier alpha value is -2.23. The highest BCUT2D eigenvalue weighted by atomic mass is 16.5. The average molecular weight is 367 g/mol. The number of aryl methyl sites for hydroxylation is 2. The minimum atomic E-state index is -0.547. The first-order chi connectivity index (χ1) is 12.6.